The van der Waals surface area contributed by atoms with Crippen LogP contribution in [0.1, 0.15) is 51.3 Å². The van der Waals surface area contributed by atoms with Gasteiger partial charge in [0.2, 0.25) is 17.4 Å². The summed E-state index contributed by atoms with van der Waals surface area (Å²) < 4.78 is 1.62. The van der Waals surface area contributed by atoms with E-state index in [0.717, 1.165) is 11.1 Å². The summed E-state index contributed by atoms with van der Waals surface area (Å²) in [6, 6.07) is 23.4. The van der Waals surface area contributed by atoms with E-state index in [-0.39, 0.29) is 17.2 Å². The first kappa shape index (κ1) is 21.7. The van der Waals surface area contributed by atoms with Gasteiger partial charge in [-0.15, -0.1) is 5.10 Å². The number of carboxylic acids is 1. The van der Waals surface area contributed by atoms with Gasteiger partial charge >= 0.3 is 5.97 Å². The van der Waals surface area contributed by atoms with E-state index in [0.29, 0.717) is 29.9 Å². The van der Waals surface area contributed by atoms with E-state index < -0.39 is 5.97 Å². The average Bonchev–Trinajstić information content (AvgIpc) is 3.25. The fourth-order valence-corrected chi connectivity index (χ4v) is 3.41. The Bertz CT molecular complexity index is 1360. The molecule has 162 valence electrons. The second-order valence-electron chi connectivity index (χ2n) is 7.31. The van der Waals surface area contributed by atoms with Crippen LogP contribution in [-0.2, 0) is 6.54 Å². The maximum absolute atomic E-state index is 12.8. The van der Waals surface area contributed by atoms with Crippen LogP contribution in [-0.4, -0.2) is 31.6 Å². The Morgan fingerprint density at radius 3 is 2.33 bits per heavy atom. The lowest BCUT2D eigenvalue weighted by atomic mass is 9.99. The highest BCUT2D eigenvalue weighted by atomic mass is 16.4. The largest absolute Gasteiger partial charge is 0.478 e. The number of rotatable bonds is 6. The molecular weight excluding hydrogens is 414 g/mol. The SMILES string of the molecule is CCC#Cc1nc(C(=O)c2ccccc2)nn1Cc1ccc(-c2ccccc2C(=O)O)cc1. The molecule has 0 atom stereocenters. The Balaban J connectivity index is 1.63. The number of carbonyl (C=O) groups is 2. The number of aromatic nitrogens is 3. The monoisotopic (exact) mass is 435 g/mol. The lowest BCUT2D eigenvalue weighted by Crippen LogP contribution is -2.07. The fraction of sp³-hybridized carbons (Fsp3) is 0.111. The Morgan fingerprint density at radius 2 is 1.64 bits per heavy atom. The molecular formula is C27H21N3O3. The molecule has 1 heterocycles. The summed E-state index contributed by atoms with van der Waals surface area (Å²) in [7, 11) is 0. The minimum atomic E-state index is -0.966. The predicted molar refractivity (Wildman–Crippen MR) is 125 cm³/mol. The molecule has 1 N–H and O–H groups in total. The van der Waals surface area contributed by atoms with Gasteiger partial charge in [0.15, 0.2) is 0 Å². The van der Waals surface area contributed by atoms with E-state index >= 15 is 0 Å². The van der Waals surface area contributed by atoms with E-state index in [4.69, 9.17) is 0 Å². The van der Waals surface area contributed by atoms with Crippen LogP contribution in [0, 0.1) is 11.8 Å². The van der Waals surface area contributed by atoms with Gasteiger partial charge in [-0.3, -0.25) is 4.79 Å². The molecule has 6 heteroatoms. The Kier molecular flexibility index (Phi) is 6.42. The van der Waals surface area contributed by atoms with Crippen LogP contribution >= 0.6 is 0 Å². The highest BCUT2D eigenvalue weighted by molar-refractivity contribution is 6.06. The number of nitrogens with zero attached hydrogens (tertiary/aromatic N) is 3. The van der Waals surface area contributed by atoms with E-state index in [2.05, 4.69) is 21.9 Å². The van der Waals surface area contributed by atoms with Gasteiger partial charge < -0.3 is 5.11 Å². The van der Waals surface area contributed by atoms with Gasteiger partial charge in [0.25, 0.3) is 0 Å². The highest BCUT2D eigenvalue weighted by Gasteiger charge is 2.17. The van der Waals surface area contributed by atoms with Gasteiger partial charge in [0.05, 0.1) is 12.1 Å². The van der Waals surface area contributed by atoms with Crippen LogP contribution < -0.4 is 0 Å². The van der Waals surface area contributed by atoms with Crippen molar-refractivity contribution in [1.82, 2.24) is 14.8 Å². The predicted octanol–water partition coefficient (Wildman–Crippen LogP) is 4.68. The molecule has 4 aromatic rings. The second kappa shape index (κ2) is 9.75. The first-order valence-electron chi connectivity index (χ1n) is 10.5. The summed E-state index contributed by atoms with van der Waals surface area (Å²) in [4.78, 5) is 28.7. The second-order valence-corrected chi connectivity index (χ2v) is 7.31. The van der Waals surface area contributed by atoms with E-state index in [9.17, 15) is 14.7 Å². The molecule has 0 amide bonds. The molecule has 0 saturated heterocycles. The van der Waals surface area contributed by atoms with Crippen molar-refractivity contribution in [2.45, 2.75) is 19.9 Å². The molecule has 4 rings (SSSR count). The summed E-state index contributed by atoms with van der Waals surface area (Å²) in [5, 5.41) is 13.9. The summed E-state index contributed by atoms with van der Waals surface area (Å²) in [5.74, 6) is 5.29. The number of hydrogen-bond acceptors (Lipinski definition) is 4. The molecule has 1 aromatic heterocycles. The van der Waals surface area contributed by atoms with Gasteiger partial charge in [-0.2, -0.15) is 4.98 Å². The summed E-state index contributed by atoms with van der Waals surface area (Å²) in [6.07, 6.45) is 0.659. The van der Waals surface area contributed by atoms with E-state index in [1.165, 1.54) is 0 Å². The van der Waals surface area contributed by atoms with Crippen molar-refractivity contribution >= 4 is 11.8 Å². The summed E-state index contributed by atoms with van der Waals surface area (Å²) in [6.45, 7) is 2.32. The van der Waals surface area contributed by atoms with Crippen LogP contribution in [0.2, 0.25) is 0 Å². The highest BCUT2D eigenvalue weighted by Crippen LogP contribution is 2.24. The molecule has 0 spiro atoms. The minimum Gasteiger partial charge on any atom is -0.478 e. The van der Waals surface area contributed by atoms with E-state index in [1.807, 2.05) is 43.3 Å². The Hall–Kier alpha value is -4.50. The third-order valence-electron chi connectivity index (χ3n) is 5.04. The number of aromatic carboxylic acids is 1. The smallest absolute Gasteiger partial charge is 0.336 e. The van der Waals surface area contributed by atoms with Crippen molar-refractivity contribution in [3.05, 3.63) is 107 Å². The van der Waals surface area contributed by atoms with Crippen molar-refractivity contribution in [3.63, 3.8) is 0 Å². The molecule has 0 radical (unpaired) electrons. The van der Waals surface area contributed by atoms with Crippen LogP contribution in [0.3, 0.4) is 0 Å². The number of carbonyl (C=O) groups excluding carboxylic acids is 1. The zero-order chi connectivity index (χ0) is 23.2. The van der Waals surface area contributed by atoms with Gasteiger partial charge in [-0.25, -0.2) is 9.48 Å². The molecule has 0 aliphatic rings. The lowest BCUT2D eigenvalue weighted by molar-refractivity contribution is 0.0697. The third kappa shape index (κ3) is 4.89. The minimum absolute atomic E-state index is 0.105. The van der Waals surface area contributed by atoms with Crippen molar-refractivity contribution < 1.29 is 14.7 Å². The van der Waals surface area contributed by atoms with E-state index in [1.54, 1.807) is 47.1 Å². The zero-order valence-electron chi connectivity index (χ0n) is 18.0. The van der Waals surface area contributed by atoms with Crippen LogP contribution in [0.4, 0.5) is 0 Å². The number of hydrogen-bond donors (Lipinski definition) is 1. The topological polar surface area (TPSA) is 85.1 Å². The van der Waals surface area contributed by atoms with Gasteiger partial charge in [-0.1, -0.05) is 85.6 Å². The molecule has 0 saturated carbocycles. The maximum atomic E-state index is 12.8. The summed E-state index contributed by atoms with van der Waals surface area (Å²) in [5.41, 5.74) is 3.16. The molecule has 0 unspecified atom stereocenters. The molecule has 6 nitrogen and oxygen atoms in total. The molecule has 0 fully saturated rings. The van der Waals surface area contributed by atoms with Crippen molar-refractivity contribution in [3.8, 4) is 23.0 Å². The quantitative estimate of drug-likeness (QED) is 0.351. The molecule has 0 aliphatic heterocycles. The molecule has 33 heavy (non-hydrogen) atoms. The Morgan fingerprint density at radius 1 is 0.939 bits per heavy atom. The summed E-state index contributed by atoms with van der Waals surface area (Å²) >= 11 is 0. The molecule has 3 aromatic carbocycles. The van der Waals surface area contributed by atoms with Gasteiger partial charge in [0.1, 0.15) is 0 Å². The first-order chi connectivity index (χ1) is 16.1. The van der Waals surface area contributed by atoms with Gasteiger partial charge in [-0.05, 0) is 28.7 Å². The zero-order valence-corrected chi connectivity index (χ0v) is 18.0. The molecule has 0 bridgehead atoms. The Labute approximate surface area is 191 Å². The lowest BCUT2D eigenvalue weighted by Gasteiger charge is -2.08. The van der Waals surface area contributed by atoms with Gasteiger partial charge in [0, 0.05) is 12.0 Å². The van der Waals surface area contributed by atoms with Crippen molar-refractivity contribution in [2.24, 2.45) is 0 Å². The molecule has 0 aliphatic carbocycles. The number of ketones is 1. The van der Waals surface area contributed by atoms with Crippen molar-refractivity contribution in [2.75, 3.05) is 0 Å². The van der Waals surface area contributed by atoms with Crippen LogP contribution in [0.5, 0.6) is 0 Å². The normalized spacial score (nSPS) is 10.3. The fourth-order valence-electron chi connectivity index (χ4n) is 3.41. The number of carboxylic acid groups (broad SMARTS) is 1. The third-order valence-corrected chi connectivity index (χ3v) is 5.04. The van der Waals surface area contributed by atoms with Crippen molar-refractivity contribution in [1.29, 1.82) is 0 Å². The first-order valence-corrected chi connectivity index (χ1v) is 10.5. The van der Waals surface area contributed by atoms with Crippen LogP contribution in [0.25, 0.3) is 11.1 Å². The average molecular weight is 435 g/mol. The maximum Gasteiger partial charge on any atom is 0.336 e. The van der Waals surface area contributed by atoms with Crippen LogP contribution in [0.15, 0.2) is 78.9 Å². The standard InChI is InChI=1S/C27H21N3O3/c1-2-3-13-24-28-26(25(31)21-9-5-4-6-10-21)29-30(24)18-19-14-16-20(17-15-19)22-11-7-8-12-23(22)27(32)33/h4-12,14-17H,2,18H2,1H3,(H,32,33). The number of benzene rings is 3.